The highest BCUT2D eigenvalue weighted by atomic mass is 32.2. The summed E-state index contributed by atoms with van der Waals surface area (Å²) in [6.45, 7) is 3.86. The molecular weight excluding hydrogens is 224 g/mol. The Morgan fingerprint density at radius 1 is 1.31 bits per heavy atom. The number of hydrogen-bond donors (Lipinski definition) is 1. The first-order valence-corrected chi connectivity index (χ1v) is 7.69. The Morgan fingerprint density at radius 3 is 2.38 bits per heavy atom. The Morgan fingerprint density at radius 2 is 1.88 bits per heavy atom. The number of fused-ring (bicyclic) bond motifs is 1. The van der Waals surface area contributed by atoms with Crippen LogP contribution in [0.15, 0.2) is 0 Å². The summed E-state index contributed by atoms with van der Waals surface area (Å²) in [5, 5.41) is 2.63. The molecule has 0 spiro atoms. The molecule has 1 aliphatic carbocycles. The molecule has 2 aliphatic rings. The lowest BCUT2D eigenvalue weighted by molar-refractivity contribution is 0.436. The van der Waals surface area contributed by atoms with Gasteiger partial charge in [0.05, 0.1) is 5.25 Å². The summed E-state index contributed by atoms with van der Waals surface area (Å²) in [5.41, 5.74) is 0. The van der Waals surface area contributed by atoms with Gasteiger partial charge in [-0.15, -0.1) is 0 Å². The minimum atomic E-state index is -3.07. The van der Waals surface area contributed by atoms with Gasteiger partial charge in [-0.05, 0) is 38.6 Å². The fraction of sp³-hybridized carbons (Fsp3) is 1.00. The van der Waals surface area contributed by atoms with E-state index in [0.717, 1.165) is 13.1 Å². The summed E-state index contributed by atoms with van der Waals surface area (Å²) < 4.78 is 26.2. The van der Waals surface area contributed by atoms with Crippen LogP contribution in [0, 0.1) is 11.8 Å². The van der Waals surface area contributed by atoms with Crippen molar-refractivity contribution in [1.82, 2.24) is 9.62 Å². The average molecular weight is 246 g/mol. The molecule has 2 rings (SSSR count). The van der Waals surface area contributed by atoms with Crippen molar-refractivity contribution in [3.05, 3.63) is 0 Å². The van der Waals surface area contributed by atoms with Gasteiger partial charge >= 0.3 is 0 Å². The fourth-order valence-electron chi connectivity index (χ4n) is 3.05. The van der Waals surface area contributed by atoms with Crippen LogP contribution in [-0.2, 0) is 10.0 Å². The maximum atomic E-state index is 12.2. The minimum Gasteiger partial charge on any atom is -0.318 e. The van der Waals surface area contributed by atoms with Crippen molar-refractivity contribution < 1.29 is 8.42 Å². The van der Waals surface area contributed by atoms with E-state index < -0.39 is 10.0 Å². The average Bonchev–Trinajstić information content (AvgIpc) is 2.76. The van der Waals surface area contributed by atoms with Gasteiger partial charge in [-0.1, -0.05) is 6.42 Å². The van der Waals surface area contributed by atoms with Gasteiger partial charge < -0.3 is 5.32 Å². The van der Waals surface area contributed by atoms with E-state index in [-0.39, 0.29) is 5.25 Å². The summed E-state index contributed by atoms with van der Waals surface area (Å²) in [4.78, 5) is 0. The third kappa shape index (κ3) is 2.13. The maximum Gasteiger partial charge on any atom is 0.217 e. The van der Waals surface area contributed by atoms with E-state index >= 15 is 0 Å². The third-order valence-electron chi connectivity index (χ3n) is 4.05. The van der Waals surface area contributed by atoms with Gasteiger partial charge in [0.1, 0.15) is 0 Å². The van der Waals surface area contributed by atoms with E-state index in [0.29, 0.717) is 18.4 Å². The molecule has 5 heteroatoms. The highest BCUT2D eigenvalue weighted by Crippen LogP contribution is 2.39. The van der Waals surface area contributed by atoms with E-state index in [1.54, 1.807) is 18.3 Å². The van der Waals surface area contributed by atoms with Crippen molar-refractivity contribution in [2.45, 2.75) is 31.4 Å². The van der Waals surface area contributed by atoms with Crippen molar-refractivity contribution in [3.8, 4) is 0 Å². The van der Waals surface area contributed by atoms with Crippen LogP contribution in [0.4, 0.5) is 0 Å². The van der Waals surface area contributed by atoms with E-state index in [2.05, 4.69) is 5.32 Å². The van der Waals surface area contributed by atoms with Crippen LogP contribution in [-0.4, -0.2) is 44.7 Å². The number of nitrogens with one attached hydrogen (secondary N) is 1. The van der Waals surface area contributed by atoms with E-state index in [4.69, 9.17) is 0 Å². The molecule has 1 saturated carbocycles. The van der Waals surface area contributed by atoms with Gasteiger partial charge in [0.25, 0.3) is 0 Å². The van der Waals surface area contributed by atoms with Gasteiger partial charge in [0, 0.05) is 19.6 Å². The zero-order valence-corrected chi connectivity index (χ0v) is 11.0. The quantitative estimate of drug-likeness (QED) is 0.792. The SMILES string of the molecule is CNCC(C)S(=O)(=O)N1CC2CCCC2C1. The second kappa shape index (κ2) is 4.63. The van der Waals surface area contributed by atoms with Crippen molar-refractivity contribution in [3.63, 3.8) is 0 Å². The zero-order valence-electron chi connectivity index (χ0n) is 10.1. The van der Waals surface area contributed by atoms with Crippen molar-refractivity contribution in [1.29, 1.82) is 0 Å². The predicted octanol–water partition coefficient (Wildman–Crippen LogP) is 0.656. The molecule has 3 unspecified atom stereocenters. The molecule has 1 heterocycles. The first-order valence-electron chi connectivity index (χ1n) is 6.19. The lowest BCUT2D eigenvalue weighted by Gasteiger charge is -2.22. The molecule has 1 aliphatic heterocycles. The second-order valence-corrected chi connectivity index (χ2v) is 7.53. The van der Waals surface area contributed by atoms with Gasteiger partial charge in [-0.2, -0.15) is 0 Å². The highest BCUT2D eigenvalue weighted by Gasteiger charge is 2.42. The molecule has 0 aromatic heterocycles. The molecule has 3 atom stereocenters. The van der Waals surface area contributed by atoms with Crippen LogP contribution in [0.2, 0.25) is 0 Å². The molecule has 94 valence electrons. The van der Waals surface area contributed by atoms with Crippen LogP contribution in [0.3, 0.4) is 0 Å². The Bertz CT molecular complexity index is 330. The Kier molecular flexibility index (Phi) is 3.56. The molecule has 0 bridgehead atoms. The normalized spacial score (nSPS) is 32.9. The van der Waals surface area contributed by atoms with Gasteiger partial charge in [-0.3, -0.25) is 0 Å². The van der Waals surface area contributed by atoms with Gasteiger partial charge in [0.15, 0.2) is 0 Å². The monoisotopic (exact) mass is 246 g/mol. The molecule has 0 aromatic rings. The Labute approximate surface area is 98.4 Å². The summed E-state index contributed by atoms with van der Waals surface area (Å²) in [6.07, 6.45) is 3.73. The second-order valence-electron chi connectivity index (χ2n) is 5.18. The lowest BCUT2D eigenvalue weighted by atomic mass is 10.0. The van der Waals surface area contributed by atoms with Crippen LogP contribution in [0.5, 0.6) is 0 Å². The molecule has 4 nitrogen and oxygen atoms in total. The molecular formula is C11H22N2O2S. The van der Waals surface area contributed by atoms with Crippen molar-refractivity contribution in [2.24, 2.45) is 11.8 Å². The Balaban J connectivity index is 2.03. The Hall–Kier alpha value is -0.130. The van der Waals surface area contributed by atoms with Crippen LogP contribution in [0.1, 0.15) is 26.2 Å². The zero-order chi connectivity index (χ0) is 11.8. The first kappa shape index (κ1) is 12.3. The van der Waals surface area contributed by atoms with E-state index in [9.17, 15) is 8.42 Å². The molecule has 0 amide bonds. The summed E-state index contributed by atoms with van der Waals surface area (Å²) in [6, 6.07) is 0. The molecule has 2 fully saturated rings. The fourth-order valence-corrected chi connectivity index (χ4v) is 4.73. The molecule has 1 N–H and O–H groups in total. The molecule has 16 heavy (non-hydrogen) atoms. The van der Waals surface area contributed by atoms with E-state index in [1.165, 1.54) is 19.3 Å². The lowest BCUT2D eigenvalue weighted by Crippen LogP contribution is -2.40. The number of hydrogen-bond acceptors (Lipinski definition) is 3. The number of nitrogens with zero attached hydrogens (tertiary/aromatic N) is 1. The van der Waals surface area contributed by atoms with Crippen molar-refractivity contribution in [2.75, 3.05) is 26.7 Å². The van der Waals surface area contributed by atoms with Crippen LogP contribution in [0.25, 0.3) is 0 Å². The molecule has 1 saturated heterocycles. The van der Waals surface area contributed by atoms with Gasteiger partial charge in [0.2, 0.25) is 10.0 Å². The molecule has 0 aromatic carbocycles. The molecule has 0 radical (unpaired) electrons. The predicted molar refractivity (Wildman–Crippen MR) is 64.7 cm³/mol. The first-order chi connectivity index (χ1) is 7.55. The highest BCUT2D eigenvalue weighted by molar-refractivity contribution is 7.89. The number of rotatable bonds is 4. The summed E-state index contributed by atoms with van der Waals surface area (Å²) in [5.74, 6) is 1.27. The van der Waals surface area contributed by atoms with E-state index in [1.807, 2.05) is 0 Å². The number of sulfonamides is 1. The summed E-state index contributed by atoms with van der Waals surface area (Å²) in [7, 11) is -1.28. The third-order valence-corrected chi connectivity index (χ3v) is 6.25. The largest absolute Gasteiger partial charge is 0.318 e. The smallest absolute Gasteiger partial charge is 0.217 e. The van der Waals surface area contributed by atoms with Crippen LogP contribution < -0.4 is 5.32 Å². The maximum absolute atomic E-state index is 12.2. The summed E-state index contributed by atoms with van der Waals surface area (Å²) >= 11 is 0. The van der Waals surface area contributed by atoms with Crippen molar-refractivity contribution >= 4 is 10.0 Å². The standard InChI is InChI=1S/C11H22N2O2S/c1-9(6-12-2)16(14,15)13-7-10-4-3-5-11(10)8-13/h9-12H,3-8H2,1-2H3. The minimum absolute atomic E-state index is 0.309. The van der Waals surface area contributed by atoms with Crippen LogP contribution >= 0.6 is 0 Å². The topological polar surface area (TPSA) is 49.4 Å². The van der Waals surface area contributed by atoms with Gasteiger partial charge in [-0.25, -0.2) is 12.7 Å².